The van der Waals surface area contributed by atoms with Gasteiger partial charge in [0.1, 0.15) is 11.5 Å². The molecule has 2 heterocycles. The first-order valence-electron chi connectivity index (χ1n) is 6.14. The van der Waals surface area contributed by atoms with Crippen molar-refractivity contribution in [2.24, 2.45) is 0 Å². The van der Waals surface area contributed by atoms with Crippen LogP contribution in [0.5, 0.6) is 5.75 Å². The van der Waals surface area contributed by atoms with Crippen LogP contribution in [-0.4, -0.2) is 28.2 Å². The maximum Gasteiger partial charge on any atom is 0.371 e. The summed E-state index contributed by atoms with van der Waals surface area (Å²) in [6, 6.07) is 8.71. The first-order valence-corrected chi connectivity index (χ1v) is 7.13. The summed E-state index contributed by atoms with van der Waals surface area (Å²) in [5.41, 5.74) is 1.74. The molecule has 0 atom stereocenters. The third-order valence-electron chi connectivity index (χ3n) is 2.89. The van der Waals surface area contributed by atoms with Crippen molar-refractivity contribution >= 4 is 28.8 Å². The summed E-state index contributed by atoms with van der Waals surface area (Å²) < 4.78 is 10.4. The Kier molecular flexibility index (Phi) is 3.57. The molecule has 0 unspecified atom stereocenters. The van der Waals surface area contributed by atoms with Gasteiger partial charge in [0.25, 0.3) is 0 Å². The first kappa shape index (κ1) is 13.6. The number of hydrogen-bond donors (Lipinski definition) is 2. The number of ether oxygens (including phenoxy) is 1. The Hall–Kier alpha value is -2.41. The summed E-state index contributed by atoms with van der Waals surface area (Å²) in [6.45, 7) is 0. The Morgan fingerprint density at radius 3 is 3.00 bits per heavy atom. The maximum absolute atomic E-state index is 10.7. The number of carboxylic acids is 1. The summed E-state index contributed by atoms with van der Waals surface area (Å²) in [5, 5.41) is 9.54. The van der Waals surface area contributed by atoms with Gasteiger partial charge in [0, 0.05) is 6.07 Å². The second-order valence-electron chi connectivity index (χ2n) is 4.28. The van der Waals surface area contributed by atoms with Crippen LogP contribution in [0.1, 0.15) is 16.3 Å². The van der Waals surface area contributed by atoms with Gasteiger partial charge < -0.3 is 19.2 Å². The van der Waals surface area contributed by atoms with E-state index in [4.69, 9.17) is 14.3 Å². The van der Waals surface area contributed by atoms with E-state index in [0.717, 1.165) is 21.9 Å². The van der Waals surface area contributed by atoms with Crippen LogP contribution >= 0.6 is 11.8 Å². The molecule has 2 N–H and O–H groups in total. The van der Waals surface area contributed by atoms with Crippen molar-refractivity contribution in [3.8, 4) is 5.75 Å². The average Bonchev–Trinajstić information content (AvgIpc) is 3.10. The Bertz CT molecular complexity index is 793. The molecule has 0 aliphatic heterocycles. The van der Waals surface area contributed by atoms with Gasteiger partial charge in [0.15, 0.2) is 5.16 Å². The zero-order valence-electron chi connectivity index (χ0n) is 11.1. The number of imidazole rings is 1. The van der Waals surface area contributed by atoms with Crippen LogP contribution < -0.4 is 4.74 Å². The molecular weight excluding hydrogens is 292 g/mol. The Balaban J connectivity index is 1.73. The molecule has 0 saturated carbocycles. The van der Waals surface area contributed by atoms with E-state index in [1.807, 2.05) is 18.2 Å². The number of hydrogen-bond acceptors (Lipinski definition) is 5. The van der Waals surface area contributed by atoms with Gasteiger partial charge >= 0.3 is 5.97 Å². The van der Waals surface area contributed by atoms with Crippen LogP contribution in [0, 0.1) is 0 Å². The van der Waals surface area contributed by atoms with Crippen LogP contribution in [0.15, 0.2) is 39.9 Å². The largest absolute Gasteiger partial charge is 0.497 e. The second kappa shape index (κ2) is 5.53. The summed E-state index contributed by atoms with van der Waals surface area (Å²) in [4.78, 5) is 18.4. The normalized spacial score (nSPS) is 10.9. The van der Waals surface area contributed by atoms with Crippen LogP contribution in [0.25, 0.3) is 11.0 Å². The van der Waals surface area contributed by atoms with E-state index in [2.05, 4.69) is 9.97 Å². The van der Waals surface area contributed by atoms with E-state index in [9.17, 15) is 4.79 Å². The number of nitrogens with one attached hydrogen (secondary N) is 1. The molecule has 0 radical (unpaired) electrons. The van der Waals surface area contributed by atoms with Gasteiger partial charge in [-0.05, 0) is 24.3 Å². The molecule has 7 heteroatoms. The lowest BCUT2D eigenvalue weighted by Crippen LogP contribution is -1.91. The van der Waals surface area contributed by atoms with Crippen molar-refractivity contribution in [1.29, 1.82) is 0 Å². The van der Waals surface area contributed by atoms with Gasteiger partial charge in [0.2, 0.25) is 5.76 Å². The molecule has 0 amide bonds. The number of benzene rings is 1. The van der Waals surface area contributed by atoms with Gasteiger partial charge in [-0.25, -0.2) is 9.78 Å². The molecule has 21 heavy (non-hydrogen) atoms. The highest BCUT2D eigenvalue weighted by atomic mass is 32.2. The molecule has 0 fully saturated rings. The number of fused-ring (bicyclic) bond motifs is 1. The van der Waals surface area contributed by atoms with Gasteiger partial charge in [-0.2, -0.15) is 0 Å². The third kappa shape index (κ3) is 2.87. The summed E-state index contributed by atoms with van der Waals surface area (Å²) in [7, 11) is 1.62. The van der Waals surface area contributed by atoms with Gasteiger partial charge in [-0.3, -0.25) is 0 Å². The van der Waals surface area contributed by atoms with E-state index in [1.165, 1.54) is 17.8 Å². The fourth-order valence-corrected chi connectivity index (χ4v) is 2.65. The van der Waals surface area contributed by atoms with Gasteiger partial charge in [-0.1, -0.05) is 11.8 Å². The van der Waals surface area contributed by atoms with Crippen LogP contribution in [0.4, 0.5) is 0 Å². The number of H-pyrrole nitrogens is 1. The van der Waals surface area contributed by atoms with Crippen LogP contribution in [-0.2, 0) is 5.75 Å². The van der Waals surface area contributed by atoms with Crippen molar-refractivity contribution in [2.75, 3.05) is 7.11 Å². The molecule has 108 valence electrons. The zero-order valence-corrected chi connectivity index (χ0v) is 11.9. The molecular formula is C14H12N2O4S. The predicted octanol–water partition coefficient (Wildman–Crippen LogP) is 3.16. The van der Waals surface area contributed by atoms with Crippen molar-refractivity contribution in [1.82, 2.24) is 9.97 Å². The molecule has 3 aromatic rings. The molecule has 2 aromatic heterocycles. The monoisotopic (exact) mass is 304 g/mol. The number of aromatic nitrogens is 2. The van der Waals surface area contributed by atoms with Crippen molar-refractivity contribution in [3.63, 3.8) is 0 Å². The smallest absolute Gasteiger partial charge is 0.371 e. The van der Waals surface area contributed by atoms with E-state index in [-0.39, 0.29) is 5.76 Å². The summed E-state index contributed by atoms with van der Waals surface area (Å²) in [6.07, 6.45) is 0. The lowest BCUT2D eigenvalue weighted by molar-refractivity contribution is 0.0661. The molecule has 0 aliphatic rings. The minimum Gasteiger partial charge on any atom is -0.497 e. The number of carbonyl (C=O) groups is 1. The maximum atomic E-state index is 10.7. The number of nitrogens with zero attached hydrogens (tertiary/aromatic N) is 1. The number of rotatable bonds is 5. The van der Waals surface area contributed by atoms with Crippen molar-refractivity contribution in [2.45, 2.75) is 10.9 Å². The fraction of sp³-hybridized carbons (Fsp3) is 0.143. The number of carboxylic acid groups (broad SMARTS) is 1. The molecule has 0 spiro atoms. The molecule has 0 bridgehead atoms. The second-order valence-corrected chi connectivity index (χ2v) is 5.25. The SMILES string of the molecule is COc1ccc2nc(SCc3ccc(C(=O)O)o3)[nH]c2c1. The van der Waals surface area contributed by atoms with E-state index in [0.29, 0.717) is 11.5 Å². The lowest BCUT2D eigenvalue weighted by atomic mass is 10.3. The molecule has 0 saturated heterocycles. The molecule has 1 aromatic carbocycles. The zero-order chi connectivity index (χ0) is 14.8. The fourth-order valence-electron chi connectivity index (χ4n) is 1.87. The van der Waals surface area contributed by atoms with Gasteiger partial charge in [-0.15, -0.1) is 0 Å². The first-order chi connectivity index (χ1) is 10.2. The lowest BCUT2D eigenvalue weighted by Gasteiger charge is -1.96. The van der Waals surface area contributed by atoms with Crippen LogP contribution in [0.3, 0.4) is 0 Å². The Morgan fingerprint density at radius 1 is 1.43 bits per heavy atom. The number of thioether (sulfide) groups is 1. The number of furan rings is 1. The van der Waals surface area contributed by atoms with Crippen molar-refractivity contribution in [3.05, 3.63) is 41.9 Å². The summed E-state index contributed by atoms with van der Waals surface area (Å²) in [5.74, 6) is 0.738. The highest BCUT2D eigenvalue weighted by molar-refractivity contribution is 7.98. The van der Waals surface area contributed by atoms with Gasteiger partial charge in [0.05, 0.1) is 23.9 Å². The number of aromatic amines is 1. The highest BCUT2D eigenvalue weighted by Gasteiger charge is 2.10. The van der Waals surface area contributed by atoms with E-state index >= 15 is 0 Å². The summed E-state index contributed by atoms with van der Waals surface area (Å²) >= 11 is 1.44. The molecule has 6 nitrogen and oxygen atoms in total. The van der Waals surface area contributed by atoms with E-state index in [1.54, 1.807) is 13.2 Å². The third-order valence-corrected chi connectivity index (χ3v) is 3.79. The van der Waals surface area contributed by atoms with Crippen molar-refractivity contribution < 1.29 is 19.1 Å². The standard InChI is InChI=1S/C14H12N2O4S/c1-19-8-2-4-10-11(6-8)16-14(15-10)21-7-9-3-5-12(20-9)13(17)18/h2-6H,7H2,1H3,(H,15,16)(H,17,18). The highest BCUT2D eigenvalue weighted by Crippen LogP contribution is 2.25. The predicted molar refractivity (Wildman–Crippen MR) is 77.9 cm³/mol. The number of aromatic carboxylic acids is 1. The molecule has 0 aliphatic carbocycles. The minimum absolute atomic E-state index is 0.0556. The number of methoxy groups -OCH3 is 1. The topological polar surface area (TPSA) is 88.3 Å². The Labute approximate surface area is 124 Å². The quantitative estimate of drug-likeness (QED) is 0.704. The minimum atomic E-state index is -1.07. The van der Waals surface area contributed by atoms with Crippen LogP contribution in [0.2, 0.25) is 0 Å². The Morgan fingerprint density at radius 2 is 2.29 bits per heavy atom. The van der Waals surface area contributed by atoms with E-state index < -0.39 is 5.97 Å². The molecule has 3 rings (SSSR count). The average molecular weight is 304 g/mol.